The largest absolute Gasteiger partial charge is 0.376 e. The minimum atomic E-state index is -0.357. The molecular weight excluding hydrogens is 303 g/mol. The van der Waals surface area contributed by atoms with E-state index in [1.165, 1.54) is 28.4 Å². The summed E-state index contributed by atoms with van der Waals surface area (Å²) in [5.74, 6) is -0.357. The molecule has 0 aliphatic heterocycles. The predicted octanol–water partition coefficient (Wildman–Crippen LogP) is 2.52. The van der Waals surface area contributed by atoms with Crippen molar-refractivity contribution in [1.29, 1.82) is 0 Å². The van der Waals surface area contributed by atoms with Crippen molar-refractivity contribution in [3.05, 3.63) is 45.9 Å². The van der Waals surface area contributed by atoms with Gasteiger partial charge in [-0.15, -0.1) is 16.4 Å². The van der Waals surface area contributed by atoms with Crippen LogP contribution in [-0.4, -0.2) is 25.2 Å². The van der Waals surface area contributed by atoms with Gasteiger partial charge >= 0.3 is 0 Å². The van der Waals surface area contributed by atoms with Gasteiger partial charge in [-0.05, 0) is 28.6 Å². The van der Waals surface area contributed by atoms with Crippen LogP contribution in [0, 0.1) is 5.82 Å². The molecular formula is C11H8ClFN6S. The van der Waals surface area contributed by atoms with Crippen molar-refractivity contribution in [3.63, 3.8) is 0 Å². The lowest BCUT2D eigenvalue weighted by atomic mass is 10.2. The van der Waals surface area contributed by atoms with E-state index in [9.17, 15) is 4.39 Å². The fourth-order valence-corrected chi connectivity index (χ4v) is 2.51. The maximum Gasteiger partial charge on any atom is 0.146 e. The van der Waals surface area contributed by atoms with Crippen molar-refractivity contribution in [1.82, 2.24) is 25.2 Å². The number of halogens is 2. The van der Waals surface area contributed by atoms with Crippen molar-refractivity contribution in [2.24, 2.45) is 0 Å². The highest BCUT2D eigenvalue weighted by molar-refractivity contribution is 7.15. The second-order valence-electron chi connectivity index (χ2n) is 3.83. The third-order valence-corrected chi connectivity index (χ3v) is 3.63. The molecule has 0 aliphatic rings. The molecule has 2 aromatic heterocycles. The van der Waals surface area contributed by atoms with Gasteiger partial charge in [0.1, 0.15) is 21.5 Å². The van der Waals surface area contributed by atoms with E-state index in [0.717, 1.165) is 5.01 Å². The summed E-state index contributed by atoms with van der Waals surface area (Å²) in [4.78, 5) is 4.10. The Morgan fingerprint density at radius 1 is 1.40 bits per heavy atom. The molecule has 102 valence electrons. The molecule has 0 bridgehead atoms. The van der Waals surface area contributed by atoms with Gasteiger partial charge < -0.3 is 5.32 Å². The molecule has 0 fully saturated rings. The first-order valence-electron chi connectivity index (χ1n) is 5.59. The molecule has 0 amide bonds. The number of thiazole rings is 1. The molecule has 2 heterocycles. The summed E-state index contributed by atoms with van der Waals surface area (Å²) in [5.41, 5.74) is 1.01. The van der Waals surface area contributed by atoms with Crippen LogP contribution < -0.4 is 5.32 Å². The summed E-state index contributed by atoms with van der Waals surface area (Å²) in [6.45, 7) is 0.396. The maximum atomic E-state index is 13.8. The zero-order chi connectivity index (χ0) is 13.9. The number of rotatable bonds is 4. The van der Waals surface area contributed by atoms with E-state index >= 15 is 0 Å². The molecule has 9 heteroatoms. The molecule has 20 heavy (non-hydrogen) atoms. The number of nitrogens with one attached hydrogen (secondary N) is 1. The smallest absolute Gasteiger partial charge is 0.146 e. The number of tetrazole rings is 1. The maximum absolute atomic E-state index is 13.8. The monoisotopic (exact) mass is 310 g/mol. The Morgan fingerprint density at radius 2 is 2.30 bits per heavy atom. The van der Waals surface area contributed by atoms with Crippen molar-refractivity contribution in [3.8, 4) is 5.69 Å². The van der Waals surface area contributed by atoms with Gasteiger partial charge in [0.05, 0.1) is 24.1 Å². The zero-order valence-electron chi connectivity index (χ0n) is 9.99. The molecule has 0 saturated heterocycles. The van der Waals surface area contributed by atoms with Crippen LogP contribution in [0.2, 0.25) is 4.34 Å². The zero-order valence-corrected chi connectivity index (χ0v) is 11.6. The highest BCUT2D eigenvalue weighted by atomic mass is 35.5. The molecule has 0 saturated carbocycles. The molecule has 0 aliphatic carbocycles. The third-order valence-electron chi connectivity index (χ3n) is 2.52. The van der Waals surface area contributed by atoms with E-state index in [1.807, 2.05) is 0 Å². The minimum absolute atomic E-state index is 0.351. The number of anilines is 1. The SMILES string of the molecule is Fc1ccc(-n2cnnn2)cc1NCc1ncc(Cl)s1. The second-order valence-corrected chi connectivity index (χ2v) is 5.58. The van der Waals surface area contributed by atoms with Gasteiger partial charge in [-0.2, -0.15) is 0 Å². The highest BCUT2D eigenvalue weighted by Crippen LogP contribution is 2.22. The first-order valence-corrected chi connectivity index (χ1v) is 6.79. The van der Waals surface area contributed by atoms with Crippen LogP contribution in [0.25, 0.3) is 5.69 Å². The molecule has 3 rings (SSSR count). The Hall–Kier alpha value is -2.06. The molecule has 0 radical (unpaired) electrons. The lowest BCUT2D eigenvalue weighted by Gasteiger charge is -2.08. The number of benzene rings is 1. The van der Waals surface area contributed by atoms with Crippen LogP contribution in [0.15, 0.2) is 30.7 Å². The van der Waals surface area contributed by atoms with Crippen LogP contribution in [0.4, 0.5) is 10.1 Å². The molecule has 0 atom stereocenters. The Kier molecular flexibility index (Phi) is 3.57. The van der Waals surface area contributed by atoms with Gasteiger partial charge in [0, 0.05) is 0 Å². The normalized spacial score (nSPS) is 10.7. The van der Waals surface area contributed by atoms with Crippen molar-refractivity contribution >= 4 is 28.6 Å². The standard InChI is InChI=1S/C11H8ClFN6S/c12-10-4-15-11(20-10)5-14-9-3-7(1-2-8(9)13)19-6-16-17-18-19/h1-4,6,14H,5H2. The lowest BCUT2D eigenvalue weighted by Crippen LogP contribution is -2.03. The molecule has 0 spiro atoms. The summed E-state index contributed by atoms with van der Waals surface area (Å²) in [6, 6.07) is 4.58. The third kappa shape index (κ3) is 2.75. The molecule has 0 unspecified atom stereocenters. The van der Waals surface area contributed by atoms with Crippen molar-refractivity contribution in [2.75, 3.05) is 5.32 Å². The highest BCUT2D eigenvalue weighted by Gasteiger charge is 2.07. The fraction of sp³-hybridized carbons (Fsp3) is 0.0909. The van der Waals surface area contributed by atoms with Crippen LogP contribution in [0.3, 0.4) is 0 Å². The van der Waals surface area contributed by atoms with Crippen molar-refractivity contribution < 1.29 is 4.39 Å². The Labute approximate surface area is 122 Å². The van der Waals surface area contributed by atoms with Crippen LogP contribution in [0.1, 0.15) is 5.01 Å². The van der Waals surface area contributed by atoms with E-state index in [-0.39, 0.29) is 5.82 Å². The number of aromatic nitrogens is 5. The van der Waals surface area contributed by atoms with Gasteiger partial charge in [0.2, 0.25) is 0 Å². The quantitative estimate of drug-likeness (QED) is 0.802. The summed E-state index contributed by atoms with van der Waals surface area (Å²) in [7, 11) is 0. The lowest BCUT2D eigenvalue weighted by molar-refractivity contribution is 0.629. The first-order chi connectivity index (χ1) is 9.72. The van der Waals surface area contributed by atoms with Gasteiger partial charge in [0.15, 0.2) is 0 Å². The van der Waals surface area contributed by atoms with Gasteiger partial charge in [-0.1, -0.05) is 11.6 Å². The van der Waals surface area contributed by atoms with Gasteiger partial charge in [0.25, 0.3) is 0 Å². The number of hydrogen-bond donors (Lipinski definition) is 1. The fourth-order valence-electron chi connectivity index (χ4n) is 1.61. The topological polar surface area (TPSA) is 68.5 Å². The van der Waals surface area contributed by atoms with E-state index in [0.29, 0.717) is 22.3 Å². The van der Waals surface area contributed by atoms with Crippen LogP contribution in [-0.2, 0) is 6.54 Å². The van der Waals surface area contributed by atoms with Gasteiger partial charge in [-0.3, -0.25) is 0 Å². The minimum Gasteiger partial charge on any atom is -0.376 e. The van der Waals surface area contributed by atoms with E-state index in [2.05, 4.69) is 25.8 Å². The van der Waals surface area contributed by atoms with Crippen LogP contribution >= 0.6 is 22.9 Å². The number of nitrogens with zero attached hydrogens (tertiary/aromatic N) is 5. The summed E-state index contributed by atoms with van der Waals surface area (Å²) in [6.07, 6.45) is 3.01. The Bertz CT molecular complexity index is 714. The summed E-state index contributed by atoms with van der Waals surface area (Å²) in [5, 5.41) is 14.6. The van der Waals surface area contributed by atoms with Gasteiger partial charge in [-0.25, -0.2) is 14.1 Å². The second kappa shape index (κ2) is 5.51. The van der Waals surface area contributed by atoms with E-state index in [4.69, 9.17) is 11.6 Å². The molecule has 1 aromatic carbocycles. The average molecular weight is 311 g/mol. The van der Waals surface area contributed by atoms with E-state index < -0.39 is 0 Å². The Balaban J connectivity index is 1.80. The first kappa shape index (κ1) is 12.9. The number of hydrogen-bond acceptors (Lipinski definition) is 6. The van der Waals surface area contributed by atoms with Crippen LogP contribution in [0.5, 0.6) is 0 Å². The Morgan fingerprint density at radius 3 is 3.00 bits per heavy atom. The predicted molar refractivity (Wildman–Crippen MR) is 73.6 cm³/mol. The summed E-state index contributed by atoms with van der Waals surface area (Å²) >= 11 is 7.14. The molecule has 1 N–H and O–H groups in total. The average Bonchev–Trinajstić information content (AvgIpc) is 3.09. The summed E-state index contributed by atoms with van der Waals surface area (Å²) < 4.78 is 15.8. The molecule has 6 nitrogen and oxygen atoms in total. The van der Waals surface area contributed by atoms with Crippen molar-refractivity contribution in [2.45, 2.75) is 6.54 Å². The van der Waals surface area contributed by atoms with E-state index in [1.54, 1.807) is 18.3 Å². The molecule has 3 aromatic rings.